The van der Waals surface area contributed by atoms with Gasteiger partial charge in [0.2, 0.25) is 5.91 Å². The lowest BCUT2D eigenvalue weighted by Gasteiger charge is -2.17. The Bertz CT molecular complexity index is 638. The number of esters is 1. The smallest absolute Gasteiger partial charge is 0.387 e. The van der Waals surface area contributed by atoms with Crippen molar-refractivity contribution in [2.24, 2.45) is 0 Å². The lowest BCUT2D eigenvalue weighted by atomic mass is 10.2. The second-order valence-electron chi connectivity index (χ2n) is 5.10. The molecule has 7 nitrogen and oxygen atoms in total. The van der Waals surface area contributed by atoms with E-state index in [0.29, 0.717) is 6.42 Å². The molecule has 9 heteroatoms. The molecule has 1 aliphatic heterocycles. The van der Waals surface area contributed by atoms with E-state index < -0.39 is 30.6 Å². The summed E-state index contributed by atoms with van der Waals surface area (Å²) < 4.78 is 33.9. The zero-order valence-electron chi connectivity index (χ0n) is 12.8. The average Bonchev–Trinajstić information content (AvgIpc) is 2.95. The van der Waals surface area contributed by atoms with E-state index in [2.05, 4.69) is 15.4 Å². The second-order valence-corrected chi connectivity index (χ2v) is 5.10. The summed E-state index contributed by atoms with van der Waals surface area (Å²) in [6.07, 6.45) is -0.648. The number of carbonyl (C=O) groups excluding carboxylic acids is 3. The van der Waals surface area contributed by atoms with Gasteiger partial charge in [0.1, 0.15) is 11.8 Å². The zero-order chi connectivity index (χ0) is 17.7. The van der Waals surface area contributed by atoms with E-state index in [4.69, 9.17) is 4.74 Å². The summed E-state index contributed by atoms with van der Waals surface area (Å²) in [5, 5.41) is 4.79. The Morgan fingerprint density at radius 3 is 2.67 bits per heavy atom. The van der Waals surface area contributed by atoms with Crippen molar-refractivity contribution in [2.75, 3.05) is 5.32 Å². The number of halogens is 2. The second kappa shape index (κ2) is 7.71. The van der Waals surface area contributed by atoms with Crippen molar-refractivity contribution in [3.63, 3.8) is 0 Å². The molecular weight excluding hydrogens is 326 g/mol. The van der Waals surface area contributed by atoms with Crippen molar-refractivity contribution < 1.29 is 32.6 Å². The third kappa shape index (κ3) is 4.64. The van der Waals surface area contributed by atoms with Crippen LogP contribution < -0.4 is 15.4 Å². The van der Waals surface area contributed by atoms with Gasteiger partial charge >= 0.3 is 12.6 Å². The largest absolute Gasteiger partial charge is 0.451 e. The average molecular weight is 342 g/mol. The van der Waals surface area contributed by atoms with E-state index in [9.17, 15) is 23.2 Å². The number of rotatable bonds is 6. The standard InChI is InChI=1S/C15H16F2N2O5/c1-8(23-14(22)10-6-7-12(20)18-10)13(21)19-9-4-2-3-5-11(9)24-15(16)17/h2-5,8,10,15H,6-7H2,1H3,(H,18,20)(H,19,21)/t8-,10-/m1/s1. The Labute approximate surface area is 136 Å². The molecule has 0 bridgehead atoms. The summed E-state index contributed by atoms with van der Waals surface area (Å²) in [6.45, 7) is -1.70. The number of hydrogen-bond donors (Lipinski definition) is 2. The zero-order valence-corrected chi connectivity index (χ0v) is 12.8. The van der Waals surface area contributed by atoms with E-state index in [1.165, 1.54) is 31.2 Å². The Hall–Kier alpha value is -2.71. The molecular formula is C15H16F2N2O5. The molecule has 2 N–H and O–H groups in total. The van der Waals surface area contributed by atoms with Gasteiger partial charge in [-0.05, 0) is 25.5 Å². The van der Waals surface area contributed by atoms with Gasteiger partial charge in [-0.25, -0.2) is 4.79 Å². The van der Waals surface area contributed by atoms with Gasteiger partial charge in [-0.2, -0.15) is 8.78 Å². The van der Waals surface area contributed by atoms with Gasteiger partial charge in [0.25, 0.3) is 5.91 Å². The van der Waals surface area contributed by atoms with Crippen LogP contribution in [0.3, 0.4) is 0 Å². The number of anilines is 1. The topological polar surface area (TPSA) is 93.7 Å². The van der Waals surface area contributed by atoms with Crippen LogP contribution in [0.2, 0.25) is 0 Å². The molecule has 1 saturated heterocycles. The van der Waals surface area contributed by atoms with Crippen LogP contribution in [0.25, 0.3) is 0 Å². The van der Waals surface area contributed by atoms with Crippen LogP contribution in [0.15, 0.2) is 24.3 Å². The molecule has 1 aromatic rings. The molecule has 2 rings (SSSR count). The molecule has 2 amide bonds. The van der Waals surface area contributed by atoms with Crippen LogP contribution in [0.5, 0.6) is 5.75 Å². The van der Waals surface area contributed by atoms with Gasteiger partial charge in [-0.3, -0.25) is 9.59 Å². The van der Waals surface area contributed by atoms with Crippen molar-refractivity contribution in [3.8, 4) is 5.75 Å². The Balaban J connectivity index is 1.94. The number of benzene rings is 1. The lowest BCUT2D eigenvalue weighted by Crippen LogP contribution is -2.39. The molecule has 24 heavy (non-hydrogen) atoms. The van der Waals surface area contributed by atoms with Crippen molar-refractivity contribution in [1.82, 2.24) is 5.32 Å². The molecule has 0 aromatic heterocycles. The SMILES string of the molecule is C[C@@H](OC(=O)[C@H]1CCC(=O)N1)C(=O)Nc1ccccc1OC(F)F. The minimum absolute atomic E-state index is 0.0277. The Kier molecular flexibility index (Phi) is 5.67. The fourth-order valence-electron chi connectivity index (χ4n) is 2.10. The highest BCUT2D eigenvalue weighted by Crippen LogP contribution is 2.25. The summed E-state index contributed by atoms with van der Waals surface area (Å²) in [5.74, 6) is -1.90. The molecule has 0 aliphatic carbocycles. The van der Waals surface area contributed by atoms with E-state index >= 15 is 0 Å². The van der Waals surface area contributed by atoms with Crippen molar-refractivity contribution in [3.05, 3.63) is 24.3 Å². The molecule has 2 atom stereocenters. The molecule has 0 unspecified atom stereocenters. The van der Waals surface area contributed by atoms with Crippen LogP contribution in [0.1, 0.15) is 19.8 Å². The molecule has 0 radical (unpaired) electrons. The van der Waals surface area contributed by atoms with Gasteiger partial charge in [0.15, 0.2) is 6.10 Å². The van der Waals surface area contributed by atoms with Crippen LogP contribution >= 0.6 is 0 Å². The molecule has 130 valence electrons. The van der Waals surface area contributed by atoms with Crippen LogP contribution in [0, 0.1) is 0 Å². The minimum atomic E-state index is -3.04. The molecule has 0 saturated carbocycles. The first-order valence-corrected chi connectivity index (χ1v) is 7.21. The van der Waals surface area contributed by atoms with E-state index in [-0.39, 0.29) is 23.8 Å². The summed E-state index contributed by atoms with van der Waals surface area (Å²) in [7, 11) is 0. The molecule has 1 aliphatic rings. The molecule has 0 spiro atoms. The number of nitrogens with one attached hydrogen (secondary N) is 2. The Morgan fingerprint density at radius 1 is 1.33 bits per heavy atom. The number of ether oxygens (including phenoxy) is 2. The normalized spacial score (nSPS) is 18.0. The Morgan fingerprint density at radius 2 is 2.04 bits per heavy atom. The van der Waals surface area contributed by atoms with Gasteiger partial charge in [-0.15, -0.1) is 0 Å². The number of alkyl halides is 2. The molecule has 1 fully saturated rings. The number of carbonyl (C=O) groups is 3. The highest BCUT2D eigenvalue weighted by Gasteiger charge is 2.31. The van der Waals surface area contributed by atoms with E-state index in [0.717, 1.165) is 0 Å². The maximum absolute atomic E-state index is 12.3. The number of para-hydroxylation sites is 2. The third-order valence-electron chi connectivity index (χ3n) is 3.30. The fourth-order valence-corrected chi connectivity index (χ4v) is 2.10. The van der Waals surface area contributed by atoms with Crippen molar-refractivity contribution in [2.45, 2.75) is 38.5 Å². The highest BCUT2D eigenvalue weighted by atomic mass is 19.3. The van der Waals surface area contributed by atoms with Gasteiger partial charge in [0, 0.05) is 6.42 Å². The van der Waals surface area contributed by atoms with Crippen molar-refractivity contribution >= 4 is 23.5 Å². The summed E-state index contributed by atoms with van der Waals surface area (Å²) in [5.41, 5.74) is 0.0277. The summed E-state index contributed by atoms with van der Waals surface area (Å²) in [4.78, 5) is 34.9. The van der Waals surface area contributed by atoms with Crippen LogP contribution in [-0.2, 0) is 19.1 Å². The molecule has 1 aromatic carbocycles. The predicted molar refractivity (Wildman–Crippen MR) is 78.4 cm³/mol. The fraction of sp³-hybridized carbons (Fsp3) is 0.400. The first kappa shape index (κ1) is 17.6. The minimum Gasteiger partial charge on any atom is -0.451 e. The predicted octanol–water partition coefficient (Wildman–Crippen LogP) is 1.44. The molecule has 1 heterocycles. The van der Waals surface area contributed by atoms with Gasteiger partial charge in [-0.1, -0.05) is 12.1 Å². The maximum atomic E-state index is 12.3. The van der Waals surface area contributed by atoms with Gasteiger partial charge < -0.3 is 20.1 Å². The van der Waals surface area contributed by atoms with Crippen LogP contribution in [0.4, 0.5) is 14.5 Å². The summed E-state index contributed by atoms with van der Waals surface area (Å²) >= 11 is 0. The monoisotopic (exact) mass is 342 g/mol. The number of hydrogen-bond acceptors (Lipinski definition) is 5. The first-order chi connectivity index (χ1) is 11.4. The quantitative estimate of drug-likeness (QED) is 0.763. The van der Waals surface area contributed by atoms with Gasteiger partial charge in [0.05, 0.1) is 5.69 Å². The highest BCUT2D eigenvalue weighted by molar-refractivity contribution is 5.97. The summed E-state index contributed by atoms with van der Waals surface area (Å²) in [6, 6.07) is 4.87. The first-order valence-electron chi connectivity index (χ1n) is 7.21. The van der Waals surface area contributed by atoms with Crippen molar-refractivity contribution in [1.29, 1.82) is 0 Å². The van der Waals surface area contributed by atoms with E-state index in [1.807, 2.05) is 0 Å². The van der Waals surface area contributed by atoms with E-state index in [1.54, 1.807) is 0 Å². The number of amides is 2. The van der Waals surface area contributed by atoms with Crippen LogP contribution in [-0.4, -0.2) is 36.5 Å². The maximum Gasteiger partial charge on any atom is 0.387 e. The lowest BCUT2D eigenvalue weighted by molar-refractivity contribution is -0.155. The third-order valence-corrected chi connectivity index (χ3v) is 3.30.